The van der Waals surface area contributed by atoms with Gasteiger partial charge in [-0.3, -0.25) is 0 Å². The van der Waals surface area contributed by atoms with E-state index in [2.05, 4.69) is 11.6 Å². The summed E-state index contributed by atoms with van der Waals surface area (Å²) < 4.78 is 5.08. The summed E-state index contributed by atoms with van der Waals surface area (Å²) in [5, 5.41) is 11.8. The lowest BCUT2D eigenvalue weighted by Gasteiger charge is -2.00. The van der Waals surface area contributed by atoms with E-state index >= 15 is 0 Å². The SMILES string of the molecule is CSCCCNCc1cc(C(=O)O)co1. The molecule has 0 saturated heterocycles. The van der Waals surface area contributed by atoms with Crippen LogP contribution < -0.4 is 5.32 Å². The lowest BCUT2D eigenvalue weighted by atomic mass is 10.3. The van der Waals surface area contributed by atoms with E-state index in [0.717, 1.165) is 18.7 Å². The number of carboxylic acid groups (broad SMARTS) is 1. The molecule has 0 radical (unpaired) electrons. The van der Waals surface area contributed by atoms with E-state index < -0.39 is 5.97 Å². The largest absolute Gasteiger partial charge is 0.478 e. The van der Waals surface area contributed by atoms with Gasteiger partial charge in [0.2, 0.25) is 0 Å². The molecule has 1 rings (SSSR count). The van der Waals surface area contributed by atoms with Gasteiger partial charge in [0.05, 0.1) is 12.1 Å². The van der Waals surface area contributed by atoms with Gasteiger partial charge in [-0.05, 0) is 31.0 Å². The summed E-state index contributed by atoms with van der Waals surface area (Å²) in [7, 11) is 0. The van der Waals surface area contributed by atoms with Gasteiger partial charge in [-0.25, -0.2) is 4.79 Å². The van der Waals surface area contributed by atoms with E-state index in [4.69, 9.17) is 9.52 Å². The maximum absolute atomic E-state index is 10.5. The average Bonchev–Trinajstić information content (AvgIpc) is 2.66. The number of carboxylic acids is 1. The third-order valence-corrected chi connectivity index (χ3v) is 2.60. The highest BCUT2D eigenvalue weighted by atomic mass is 32.2. The van der Waals surface area contributed by atoms with Crippen LogP contribution in [0, 0.1) is 0 Å². The second kappa shape index (κ2) is 6.53. The molecule has 0 unspecified atom stereocenters. The van der Waals surface area contributed by atoms with Gasteiger partial charge < -0.3 is 14.8 Å². The minimum atomic E-state index is -0.951. The molecule has 5 heteroatoms. The highest BCUT2D eigenvalue weighted by Crippen LogP contribution is 2.07. The number of rotatable bonds is 7. The lowest BCUT2D eigenvalue weighted by molar-refractivity contribution is 0.0696. The molecule has 0 saturated carbocycles. The fourth-order valence-corrected chi connectivity index (χ4v) is 1.57. The minimum absolute atomic E-state index is 0.205. The topological polar surface area (TPSA) is 62.5 Å². The van der Waals surface area contributed by atoms with E-state index in [9.17, 15) is 4.79 Å². The summed E-state index contributed by atoms with van der Waals surface area (Å²) in [6, 6.07) is 1.55. The zero-order chi connectivity index (χ0) is 11.1. The Morgan fingerprint density at radius 2 is 2.47 bits per heavy atom. The molecule has 1 aromatic heterocycles. The van der Waals surface area contributed by atoms with E-state index in [0.29, 0.717) is 12.3 Å². The predicted octanol–water partition coefficient (Wildman–Crippen LogP) is 1.82. The van der Waals surface area contributed by atoms with Gasteiger partial charge in [0, 0.05) is 0 Å². The van der Waals surface area contributed by atoms with E-state index in [1.165, 1.54) is 6.26 Å². The van der Waals surface area contributed by atoms with Crippen molar-refractivity contribution in [2.24, 2.45) is 0 Å². The Morgan fingerprint density at radius 1 is 1.67 bits per heavy atom. The zero-order valence-corrected chi connectivity index (χ0v) is 9.47. The van der Waals surface area contributed by atoms with Crippen LogP contribution in [0.15, 0.2) is 16.7 Å². The van der Waals surface area contributed by atoms with Crippen LogP contribution >= 0.6 is 11.8 Å². The van der Waals surface area contributed by atoms with E-state index in [1.807, 2.05) is 11.8 Å². The Labute approximate surface area is 93.0 Å². The predicted molar refractivity (Wildman–Crippen MR) is 60.4 cm³/mol. The van der Waals surface area contributed by atoms with E-state index in [1.54, 1.807) is 6.07 Å². The van der Waals surface area contributed by atoms with Crippen molar-refractivity contribution in [3.05, 3.63) is 23.7 Å². The minimum Gasteiger partial charge on any atom is -0.478 e. The highest BCUT2D eigenvalue weighted by molar-refractivity contribution is 7.98. The normalized spacial score (nSPS) is 10.5. The molecule has 15 heavy (non-hydrogen) atoms. The fourth-order valence-electron chi connectivity index (χ4n) is 1.14. The van der Waals surface area contributed by atoms with Crippen molar-refractivity contribution in [3.8, 4) is 0 Å². The molecule has 4 nitrogen and oxygen atoms in total. The summed E-state index contributed by atoms with van der Waals surface area (Å²) >= 11 is 1.81. The number of nitrogens with one attached hydrogen (secondary N) is 1. The third-order valence-electron chi connectivity index (χ3n) is 1.90. The molecule has 0 bridgehead atoms. The molecular formula is C10H15NO3S. The smallest absolute Gasteiger partial charge is 0.338 e. The molecule has 0 aliphatic rings. The van der Waals surface area contributed by atoms with Gasteiger partial charge in [0.15, 0.2) is 0 Å². The molecule has 0 amide bonds. The molecule has 0 aliphatic heterocycles. The summed E-state index contributed by atoms with van der Waals surface area (Å²) in [6.45, 7) is 1.51. The molecule has 0 aromatic carbocycles. The van der Waals surface area contributed by atoms with E-state index in [-0.39, 0.29) is 5.56 Å². The average molecular weight is 229 g/mol. The number of aromatic carboxylic acids is 1. The molecule has 84 valence electrons. The van der Waals surface area contributed by atoms with Gasteiger partial charge >= 0.3 is 5.97 Å². The maximum Gasteiger partial charge on any atom is 0.338 e. The van der Waals surface area contributed by atoms with Crippen LogP contribution in [-0.2, 0) is 6.54 Å². The number of hydrogen-bond donors (Lipinski definition) is 2. The monoisotopic (exact) mass is 229 g/mol. The van der Waals surface area contributed by atoms with Crippen molar-refractivity contribution in [2.75, 3.05) is 18.6 Å². The Hall–Kier alpha value is -0.940. The summed E-state index contributed by atoms with van der Waals surface area (Å²) in [6.07, 6.45) is 4.45. The van der Waals surface area contributed by atoms with Gasteiger partial charge in [0.1, 0.15) is 12.0 Å². The van der Waals surface area contributed by atoms with Gasteiger partial charge in [-0.1, -0.05) is 0 Å². The van der Waals surface area contributed by atoms with Crippen LogP contribution in [0.1, 0.15) is 22.5 Å². The van der Waals surface area contributed by atoms with Crippen LogP contribution in [0.4, 0.5) is 0 Å². The first-order chi connectivity index (χ1) is 7.24. The second-order valence-electron chi connectivity index (χ2n) is 3.13. The van der Waals surface area contributed by atoms with Crippen LogP contribution in [0.3, 0.4) is 0 Å². The zero-order valence-electron chi connectivity index (χ0n) is 8.66. The molecule has 0 fully saturated rings. The van der Waals surface area contributed by atoms with Gasteiger partial charge in [-0.2, -0.15) is 11.8 Å². The van der Waals surface area contributed by atoms with Crippen LogP contribution in [-0.4, -0.2) is 29.6 Å². The number of thioether (sulfide) groups is 1. The molecular weight excluding hydrogens is 214 g/mol. The van der Waals surface area contributed by atoms with Crippen molar-refractivity contribution in [1.82, 2.24) is 5.32 Å². The molecule has 0 atom stereocenters. The second-order valence-corrected chi connectivity index (χ2v) is 4.12. The summed E-state index contributed by atoms with van der Waals surface area (Å²) in [5.41, 5.74) is 0.205. The fraction of sp³-hybridized carbons (Fsp3) is 0.500. The summed E-state index contributed by atoms with van der Waals surface area (Å²) in [5.74, 6) is 0.842. The van der Waals surface area contributed by atoms with Crippen molar-refractivity contribution in [1.29, 1.82) is 0 Å². The van der Waals surface area contributed by atoms with Gasteiger partial charge in [0.25, 0.3) is 0 Å². The molecule has 1 aromatic rings. The maximum atomic E-state index is 10.5. The van der Waals surface area contributed by atoms with Gasteiger partial charge in [-0.15, -0.1) is 0 Å². The lowest BCUT2D eigenvalue weighted by Crippen LogP contribution is -2.14. The highest BCUT2D eigenvalue weighted by Gasteiger charge is 2.07. The van der Waals surface area contributed by atoms with Crippen molar-refractivity contribution >= 4 is 17.7 Å². The molecule has 0 spiro atoms. The molecule has 2 N–H and O–H groups in total. The Morgan fingerprint density at radius 3 is 3.07 bits per heavy atom. The molecule has 1 heterocycles. The first-order valence-corrected chi connectivity index (χ1v) is 6.14. The molecule has 0 aliphatic carbocycles. The number of furan rings is 1. The third kappa shape index (κ3) is 4.40. The number of hydrogen-bond acceptors (Lipinski definition) is 4. The van der Waals surface area contributed by atoms with Crippen LogP contribution in [0.25, 0.3) is 0 Å². The summed E-state index contributed by atoms with van der Waals surface area (Å²) in [4.78, 5) is 10.5. The van der Waals surface area contributed by atoms with Crippen LogP contribution in [0.5, 0.6) is 0 Å². The van der Waals surface area contributed by atoms with Crippen molar-refractivity contribution < 1.29 is 14.3 Å². The van der Waals surface area contributed by atoms with Crippen molar-refractivity contribution in [3.63, 3.8) is 0 Å². The first kappa shape index (κ1) is 12.1. The van der Waals surface area contributed by atoms with Crippen molar-refractivity contribution in [2.45, 2.75) is 13.0 Å². The first-order valence-electron chi connectivity index (χ1n) is 4.74. The standard InChI is InChI=1S/C10H15NO3S/c1-15-4-2-3-11-6-9-5-8(7-14-9)10(12)13/h5,7,11H,2-4,6H2,1H3,(H,12,13). The Bertz CT molecular complexity index is 311. The Kier molecular flexibility index (Phi) is 5.28. The Balaban J connectivity index is 2.23. The quantitative estimate of drug-likeness (QED) is 0.698. The van der Waals surface area contributed by atoms with Crippen LogP contribution in [0.2, 0.25) is 0 Å². The number of carbonyl (C=O) groups is 1.